The summed E-state index contributed by atoms with van der Waals surface area (Å²) in [4.78, 5) is 4.06. The Hall–Kier alpha value is -1.59. The summed E-state index contributed by atoms with van der Waals surface area (Å²) < 4.78 is 40.6. The number of rotatable bonds is 3. The van der Waals surface area contributed by atoms with E-state index in [1.807, 2.05) is 0 Å². The van der Waals surface area contributed by atoms with Crippen molar-refractivity contribution < 1.29 is 17.9 Å². The van der Waals surface area contributed by atoms with Crippen LogP contribution in [-0.4, -0.2) is 24.2 Å². The molecule has 0 aliphatic heterocycles. The third kappa shape index (κ3) is 5.59. The lowest BCUT2D eigenvalue weighted by Crippen LogP contribution is -2.19. The number of ether oxygens (including phenoxy) is 1. The van der Waals surface area contributed by atoms with Gasteiger partial charge in [0.1, 0.15) is 5.75 Å². The Balaban J connectivity index is 2.85. The minimum absolute atomic E-state index is 0.00732. The highest BCUT2D eigenvalue weighted by molar-refractivity contribution is 8.13. The summed E-state index contributed by atoms with van der Waals surface area (Å²) in [6.45, 7) is -1.42. The second-order valence-electron chi connectivity index (χ2n) is 3.38. The van der Waals surface area contributed by atoms with Crippen LogP contribution < -0.4 is 10.1 Å². The maximum atomic E-state index is 12.0. The highest BCUT2D eigenvalue weighted by Gasteiger charge is 2.28. The van der Waals surface area contributed by atoms with E-state index in [0.717, 1.165) is 0 Å². The van der Waals surface area contributed by atoms with Gasteiger partial charge in [-0.2, -0.15) is 18.4 Å². The summed E-state index contributed by atoms with van der Waals surface area (Å²) in [5, 5.41) is 11.2. The zero-order valence-corrected chi connectivity index (χ0v) is 11.7. The average molecular weight is 324 g/mol. The predicted molar refractivity (Wildman–Crippen MR) is 72.4 cm³/mol. The highest BCUT2D eigenvalue weighted by Crippen LogP contribution is 2.30. The fourth-order valence-corrected chi connectivity index (χ4v) is 1.70. The van der Waals surface area contributed by atoms with Crippen molar-refractivity contribution in [2.45, 2.75) is 6.18 Å². The summed E-state index contributed by atoms with van der Waals surface area (Å²) >= 11 is 7.01. The summed E-state index contributed by atoms with van der Waals surface area (Å²) in [6.07, 6.45) is -0.996. The molecule has 108 valence electrons. The lowest BCUT2D eigenvalue weighted by atomic mass is 10.3. The van der Waals surface area contributed by atoms with E-state index in [2.05, 4.69) is 15.0 Å². The molecule has 1 N–H and O–H groups in total. The van der Waals surface area contributed by atoms with Crippen molar-refractivity contribution in [1.82, 2.24) is 5.32 Å². The summed E-state index contributed by atoms with van der Waals surface area (Å²) in [7, 11) is 0. The van der Waals surface area contributed by atoms with E-state index < -0.39 is 12.8 Å². The van der Waals surface area contributed by atoms with E-state index in [9.17, 15) is 13.2 Å². The van der Waals surface area contributed by atoms with Crippen molar-refractivity contribution in [3.8, 4) is 11.9 Å². The third-order valence-corrected chi connectivity index (χ3v) is 2.77. The van der Waals surface area contributed by atoms with Gasteiger partial charge in [0.05, 0.1) is 10.7 Å². The van der Waals surface area contributed by atoms with Gasteiger partial charge in [-0.05, 0) is 24.5 Å². The second-order valence-corrected chi connectivity index (χ2v) is 4.58. The first kappa shape index (κ1) is 16.5. The number of hydrogen-bond acceptors (Lipinski definition) is 4. The first-order valence-corrected chi connectivity index (χ1v) is 6.73. The van der Waals surface area contributed by atoms with Crippen molar-refractivity contribution in [2.24, 2.45) is 4.99 Å². The molecular formula is C11H9ClF3N3OS. The average Bonchev–Trinajstić information content (AvgIpc) is 2.36. The quantitative estimate of drug-likeness (QED) is 0.399. The maximum Gasteiger partial charge on any atom is 0.422 e. The normalized spacial score (nSPS) is 11.9. The topological polar surface area (TPSA) is 57.4 Å². The van der Waals surface area contributed by atoms with Crippen LogP contribution in [0.1, 0.15) is 0 Å². The monoisotopic (exact) mass is 323 g/mol. The summed E-state index contributed by atoms with van der Waals surface area (Å²) in [5.41, 5.74) is 0.390. The van der Waals surface area contributed by atoms with E-state index in [4.69, 9.17) is 16.9 Å². The summed E-state index contributed by atoms with van der Waals surface area (Å²) in [5.74, 6) is -0.0816. The Kier molecular flexibility index (Phi) is 5.98. The van der Waals surface area contributed by atoms with Crippen LogP contribution in [0.3, 0.4) is 0 Å². The molecule has 0 saturated heterocycles. The van der Waals surface area contributed by atoms with E-state index in [-0.39, 0.29) is 10.8 Å². The molecule has 0 heterocycles. The fourth-order valence-electron chi connectivity index (χ4n) is 1.13. The van der Waals surface area contributed by atoms with E-state index in [1.165, 1.54) is 30.0 Å². The molecule has 1 aromatic rings. The van der Waals surface area contributed by atoms with Crippen LogP contribution in [0, 0.1) is 11.5 Å². The zero-order chi connectivity index (χ0) is 15.2. The minimum Gasteiger partial charge on any atom is -0.483 e. The second kappa shape index (κ2) is 7.26. The maximum absolute atomic E-state index is 12.0. The SMILES string of the molecule is CSC(=Nc1ccc(OCC(F)(F)F)c(Cl)c1)NC#N. The van der Waals surface area contributed by atoms with Crippen LogP contribution in [-0.2, 0) is 0 Å². The number of benzene rings is 1. The number of halogens is 4. The van der Waals surface area contributed by atoms with Crippen LogP contribution in [0.5, 0.6) is 5.75 Å². The van der Waals surface area contributed by atoms with Crippen molar-refractivity contribution in [1.29, 1.82) is 5.26 Å². The molecule has 0 aromatic heterocycles. The standard InChI is InChI=1S/C11H9ClF3N3OS/c1-20-10(17-6-16)18-7-2-3-9(8(12)4-7)19-5-11(13,14)15/h2-4H,5H2,1H3,(H,17,18). The van der Waals surface area contributed by atoms with Crippen LogP contribution >= 0.6 is 23.4 Å². The van der Waals surface area contributed by atoms with Gasteiger partial charge >= 0.3 is 6.18 Å². The molecule has 1 rings (SSSR count). The van der Waals surface area contributed by atoms with Gasteiger partial charge in [0.25, 0.3) is 0 Å². The van der Waals surface area contributed by atoms with Crippen molar-refractivity contribution in [3.63, 3.8) is 0 Å². The molecule has 0 aliphatic carbocycles. The number of amidine groups is 1. The van der Waals surface area contributed by atoms with Crippen LogP contribution in [0.4, 0.5) is 18.9 Å². The van der Waals surface area contributed by atoms with Gasteiger partial charge in [-0.15, -0.1) is 0 Å². The lowest BCUT2D eigenvalue weighted by molar-refractivity contribution is -0.153. The smallest absolute Gasteiger partial charge is 0.422 e. The van der Waals surface area contributed by atoms with E-state index in [1.54, 1.807) is 12.4 Å². The van der Waals surface area contributed by atoms with Crippen molar-refractivity contribution in [2.75, 3.05) is 12.9 Å². The fraction of sp³-hybridized carbons (Fsp3) is 0.273. The van der Waals surface area contributed by atoms with Gasteiger partial charge in [-0.1, -0.05) is 23.4 Å². The van der Waals surface area contributed by atoms with Gasteiger partial charge in [-0.25, -0.2) is 4.99 Å². The Bertz CT molecular complexity index is 543. The van der Waals surface area contributed by atoms with Gasteiger partial charge in [0.15, 0.2) is 18.0 Å². The Labute approximate surface area is 122 Å². The number of thioether (sulfide) groups is 1. The minimum atomic E-state index is -4.43. The number of alkyl halides is 3. The molecule has 1 aromatic carbocycles. The molecule has 0 saturated carbocycles. The summed E-state index contributed by atoms with van der Waals surface area (Å²) in [6, 6.07) is 4.08. The van der Waals surface area contributed by atoms with Crippen LogP contribution in [0.15, 0.2) is 23.2 Å². The zero-order valence-electron chi connectivity index (χ0n) is 10.2. The molecule has 20 heavy (non-hydrogen) atoms. The molecule has 0 radical (unpaired) electrons. The number of nitriles is 1. The largest absolute Gasteiger partial charge is 0.483 e. The van der Waals surface area contributed by atoms with Crippen molar-refractivity contribution in [3.05, 3.63) is 23.2 Å². The first-order chi connectivity index (χ1) is 9.35. The third-order valence-electron chi connectivity index (χ3n) is 1.89. The Morgan fingerprint density at radius 2 is 2.25 bits per heavy atom. The van der Waals surface area contributed by atoms with Gasteiger partial charge < -0.3 is 4.74 Å². The number of aliphatic imine (C=N–C) groups is 1. The Morgan fingerprint density at radius 3 is 2.75 bits per heavy atom. The Morgan fingerprint density at radius 1 is 1.55 bits per heavy atom. The van der Waals surface area contributed by atoms with Crippen LogP contribution in [0.25, 0.3) is 0 Å². The molecule has 0 fully saturated rings. The lowest BCUT2D eigenvalue weighted by Gasteiger charge is -2.10. The predicted octanol–water partition coefficient (Wildman–Crippen LogP) is 3.70. The van der Waals surface area contributed by atoms with Crippen LogP contribution in [0.2, 0.25) is 5.02 Å². The van der Waals surface area contributed by atoms with E-state index >= 15 is 0 Å². The molecule has 9 heteroatoms. The number of hydrogen-bond donors (Lipinski definition) is 1. The molecule has 0 spiro atoms. The van der Waals surface area contributed by atoms with Gasteiger partial charge in [0.2, 0.25) is 0 Å². The molecule has 0 aliphatic rings. The molecule has 0 amide bonds. The molecule has 0 atom stereocenters. The molecular weight excluding hydrogens is 315 g/mol. The van der Waals surface area contributed by atoms with Gasteiger partial charge in [0, 0.05) is 0 Å². The highest BCUT2D eigenvalue weighted by atomic mass is 35.5. The number of nitrogens with zero attached hydrogens (tertiary/aromatic N) is 2. The van der Waals surface area contributed by atoms with E-state index in [0.29, 0.717) is 10.9 Å². The first-order valence-electron chi connectivity index (χ1n) is 5.12. The molecule has 4 nitrogen and oxygen atoms in total. The van der Waals surface area contributed by atoms with Crippen molar-refractivity contribution >= 4 is 34.2 Å². The van der Waals surface area contributed by atoms with Gasteiger partial charge in [-0.3, -0.25) is 5.32 Å². The number of nitrogens with one attached hydrogen (secondary N) is 1. The molecule has 0 unspecified atom stereocenters. The molecule has 0 bridgehead atoms.